The molecule has 0 aromatic heterocycles. The van der Waals surface area contributed by atoms with E-state index >= 15 is 0 Å². The molecule has 2 rings (SSSR count). The van der Waals surface area contributed by atoms with Crippen molar-refractivity contribution >= 4 is 11.8 Å². The Balaban J connectivity index is 2.01. The summed E-state index contributed by atoms with van der Waals surface area (Å²) < 4.78 is 0. The molecule has 0 spiro atoms. The van der Waals surface area contributed by atoms with E-state index in [1.165, 1.54) is 0 Å². The average molecular weight is 360 g/mol. The molecule has 3 N–H and O–H groups in total. The number of hydrogen-bond acceptors (Lipinski definition) is 3. The number of nitrogens with one attached hydrogen (secondary N) is 1. The fourth-order valence-electron chi connectivity index (χ4n) is 3.74. The lowest BCUT2D eigenvalue weighted by atomic mass is 9.89. The van der Waals surface area contributed by atoms with Gasteiger partial charge in [0.1, 0.15) is 0 Å². The molecule has 1 aliphatic rings. The van der Waals surface area contributed by atoms with E-state index in [2.05, 4.69) is 19.2 Å². The van der Waals surface area contributed by atoms with Crippen molar-refractivity contribution in [1.29, 1.82) is 0 Å². The van der Waals surface area contributed by atoms with Crippen LogP contribution in [0.3, 0.4) is 0 Å². The lowest BCUT2D eigenvalue weighted by Gasteiger charge is -2.36. The number of rotatable bonds is 6. The first-order valence-electron chi connectivity index (χ1n) is 9.62. The molecule has 2 unspecified atom stereocenters. The summed E-state index contributed by atoms with van der Waals surface area (Å²) >= 11 is 0. The van der Waals surface area contributed by atoms with Gasteiger partial charge in [0, 0.05) is 30.7 Å². The van der Waals surface area contributed by atoms with Crippen molar-refractivity contribution in [1.82, 2.24) is 10.2 Å². The number of piperidine rings is 1. The normalized spacial score (nSPS) is 19.9. The molecule has 5 nitrogen and oxygen atoms in total. The van der Waals surface area contributed by atoms with Crippen molar-refractivity contribution in [3.05, 3.63) is 35.4 Å². The molecule has 1 heterocycles. The predicted octanol–water partition coefficient (Wildman–Crippen LogP) is 2.73. The number of likely N-dealkylation sites (tertiary alicyclic amines) is 1. The highest BCUT2D eigenvalue weighted by atomic mass is 16.2. The van der Waals surface area contributed by atoms with Crippen LogP contribution in [0, 0.1) is 18.8 Å². The number of benzene rings is 1. The molecule has 2 atom stereocenters. The molecule has 5 heteroatoms. The van der Waals surface area contributed by atoms with Crippen LogP contribution in [0.25, 0.3) is 0 Å². The predicted molar refractivity (Wildman–Crippen MR) is 105 cm³/mol. The van der Waals surface area contributed by atoms with E-state index in [-0.39, 0.29) is 17.7 Å². The zero-order valence-electron chi connectivity index (χ0n) is 16.5. The number of hydrogen-bond donors (Lipinski definition) is 2. The van der Waals surface area contributed by atoms with E-state index in [1.54, 1.807) is 4.90 Å². The van der Waals surface area contributed by atoms with Gasteiger partial charge in [0.25, 0.3) is 5.91 Å². The number of nitrogens with two attached hydrogens (primary N) is 1. The van der Waals surface area contributed by atoms with Gasteiger partial charge in [0.05, 0.1) is 5.92 Å². The minimum Gasteiger partial charge on any atom is -0.349 e. The van der Waals surface area contributed by atoms with Crippen molar-refractivity contribution in [3.8, 4) is 0 Å². The lowest BCUT2D eigenvalue weighted by Crippen LogP contribution is -2.55. The van der Waals surface area contributed by atoms with Gasteiger partial charge in [0.15, 0.2) is 0 Å². The molecule has 1 aliphatic heterocycles. The van der Waals surface area contributed by atoms with Crippen molar-refractivity contribution in [3.63, 3.8) is 0 Å². The Morgan fingerprint density at radius 2 is 1.96 bits per heavy atom. The smallest absolute Gasteiger partial charge is 0.253 e. The highest BCUT2D eigenvalue weighted by molar-refractivity contribution is 5.94. The molecule has 26 heavy (non-hydrogen) atoms. The summed E-state index contributed by atoms with van der Waals surface area (Å²) in [6.45, 7) is 9.85. The van der Waals surface area contributed by atoms with Gasteiger partial charge in [-0.05, 0) is 51.2 Å². The molecule has 0 saturated carbocycles. The first-order valence-corrected chi connectivity index (χ1v) is 9.62. The average Bonchev–Trinajstić information content (AvgIpc) is 2.61. The molecule has 1 fully saturated rings. The van der Waals surface area contributed by atoms with Gasteiger partial charge in [-0.3, -0.25) is 9.59 Å². The maximum absolute atomic E-state index is 12.8. The third-order valence-corrected chi connectivity index (χ3v) is 5.11. The molecule has 1 aromatic rings. The van der Waals surface area contributed by atoms with Crippen molar-refractivity contribution in [2.24, 2.45) is 17.6 Å². The molecule has 0 bridgehead atoms. The topological polar surface area (TPSA) is 75.4 Å². The Kier molecular flexibility index (Phi) is 6.81. The van der Waals surface area contributed by atoms with E-state index in [9.17, 15) is 9.59 Å². The second-order valence-corrected chi connectivity index (χ2v) is 8.31. The SMILES string of the molecule is Cc1ccc(C(=O)N2CCCC(C(=O)NC(C)(CN)CC(C)C)C2)cc1. The van der Waals surface area contributed by atoms with Crippen LogP contribution < -0.4 is 11.1 Å². The van der Waals surface area contributed by atoms with Gasteiger partial charge in [-0.2, -0.15) is 0 Å². The summed E-state index contributed by atoms with van der Waals surface area (Å²) in [6, 6.07) is 7.60. The van der Waals surface area contributed by atoms with Gasteiger partial charge in [0.2, 0.25) is 5.91 Å². The maximum Gasteiger partial charge on any atom is 0.253 e. The summed E-state index contributed by atoms with van der Waals surface area (Å²) in [5.74, 6) is 0.303. The number of amides is 2. The van der Waals surface area contributed by atoms with Crippen molar-refractivity contribution in [2.75, 3.05) is 19.6 Å². The second kappa shape index (κ2) is 8.67. The van der Waals surface area contributed by atoms with Crippen LogP contribution in [0.15, 0.2) is 24.3 Å². The standard InChI is InChI=1S/C21H33N3O2/c1-15(2)12-21(4,14-22)23-19(25)18-6-5-11-24(13-18)20(26)17-9-7-16(3)8-10-17/h7-10,15,18H,5-6,11-14,22H2,1-4H3,(H,23,25). The summed E-state index contributed by atoms with van der Waals surface area (Å²) in [6.07, 6.45) is 2.50. The van der Waals surface area contributed by atoms with Crippen LogP contribution >= 0.6 is 0 Å². The zero-order chi connectivity index (χ0) is 19.3. The van der Waals surface area contributed by atoms with E-state index in [1.807, 2.05) is 38.1 Å². The molecule has 0 aliphatic carbocycles. The van der Waals surface area contributed by atoms with Gasteiger partial charge in [-0.1, -0.05) is 31.5 Å². The lowest BCUT2D eigenvalue weighted by molar-refractivity contribution is -0.128. The van der Waals surface area contributed by atoms with E-state index < -0.39 is 5.54 Å². The van der Waals surface area contributed by atoms with Crippen LogP contribution in [0.2, 0.25) is 0 Å². The third kappa shape index (κ3) is 5.31. The van der Waals surface area contributed by atoms with Gasteiger partial charge in [-0.15, -0.1) is 0 Å². The molecule has 1 saturated heterocycles. The summed E-state index contributed by atoms with van der Waals surface area (Å²) in [5, 5.41) is 3.15. The third-order valence-electron chi connectivity index (χ3n) is 5.11. The first-order chi connectivity index (χ1) is 12.2. The first kappa shape index (κ1) is 20.4. The zero-order valence-corrected chi connectivity index (χ0v) is 16.5. The van der Waals surface area contributed by atoms with Crippen LogP contribution in [0.4, 0.5) is 0 Å². The van der Waals surface area contributed by atoms with Crippen LogP contribution in [-0.2, 0) is 4.79 Å². The fourth-order valence-corrected chi connectivity index (χ4v) is 3.74. The molecule has 0 radical (unpaired) electrons. The quantitative estimate of drug-likeness (QED) is 0.820. The van der Waals surface area contributed by atoms with Crippen LogP contribution in [0.1, 0.15) is 56.0 Å². The second-order valence-electron chi connectivity index (χ2n) is 8.31. The van der Waals surface area contributed by atoms with E-state index in [0.717, 1.165) is 24.8 Å². The number of carbonyl (C=O) groups is 2. The molecular formula is C21H33N3O2. The summed E-state index contributed by atoms with van der Waals surface area (Å²) in [5.41, 5.74) is 7.34. The fraction of sp³-hybridized carbons (Fsp3) is 0.619. The van der Waals surface area contributed by atoms with Gasteiger partial charge in [-0.25, -0.2) is 0 Å². The monoisotopic (exact) mass is 359 g/mol. The largest absolute Gasteiger partial charge is 0.349 e. The molecular weight excluding hydrogens is 326 g/mol. The Morgan fingerprint density at radius 3 is 2.54 bits per heavy atom. The number of nitrogens with zero attached hydrogens (tertiary/aromatic N) is 1. The highest BCUT2D eigenvalue weighted by Crippen LogP contribution is 2.22. The Bertz CT molecular complexity index is 627. The Morgan fingerprint density at radius 1 is 1.31 bits per heavy atom. The molecule has 144 valence electrons. The van der Waals surface area contributed by atoms with Crippen LogP contribution in [-0.4, -0.2) is 41.9 Å². The van der Waals surface area contributed by atoms with Gasteiger partial charge >= 0.3 is 0 Å². The van der Waals surface area contributed by atoms with E-state index in [4.69, 9.17) is 5.73 Å². The number of aryl methyl sites for hydroxylation is 1. The minimum absolute atomic E-state index is 0.00580. The Hall–Kier alpha value is -1.88. The summed E-state index contributed by atoms with van der Waals surface area (Å²) in [4.78, 5) is 27.3. The van der Waals surface area contributed by atoms with Crippen LogP contribution in [0.5, 0.6) is 0 Å². The summed E-state index contributed by atoms with van der Waals surface area (Å²) in [7, 11) is 0. The highest BCUT2D eigenvalue weighted by Gasteiger charge is 2.33. The van der Waals surface area contributed by atoms with E-state index in [0.29, 0.717) is 31.1 Å². The molecule has 2 amide bonds. The number of carbonyl (C=O) groups excluding carboxylic acids is 2. The van der Waals surface area contributed by atoms with Crippen molar-refractivity contribution in [2.45, 2.75) is 52.5 Å². The Labute approximate surface area is 157 Å². The van der Waals surface area contributed by atoms with Crippen molar-refractivity contribution < 1.29 is 9.59 Å². The minimum atomic E-state index is -0.394. The maximum atomic E-state index is 12.8. The molecule has 1 aromatic carbocycles. The van der Waals surface area contributed by atoms with Gasteiger partial charge < -0.3 is 16.0 Å².